The first-order valence-electron chi connectivity index (χ1n) is 5.71. The first-order valence-corrected chi connectivity index (χ1v) is 7.26. The fraction of sp³-hybridized carbons (Fsp3) is 0.500. The molecule has 1 aliphatic carbocycles. The van der Waals surface area contributed by atoms with Gasteiger partial charge in [-0.2, -0.15) is 0 Å². The lowest BCUT2D eigenvalue weighted by Crippen LogP contribution is -2.41. The first kappa shape index (κ1) is 12.5. The van der Waals surface area contributed by atoms with Crippen LogP contribution in [-0.4, -0.2) is 31.4 Å². The van der Waals surface area contributed by atoms with Crippen LogP contribution in [0.5, 0.6) is 0 Å². The highest BCUT2D eigenvalue weighted by Gasteiger charge is 2.28. The number of rotatable bonds is 4. The molecule has 1 aromatic carbocycles. The second kappa shape index (κ2) is 4.76. The fourth-order valence-electron chi connectivity index (χ4n) is 2.09. The van der Waals surface area contributed by atoms with Crippen molar-refractivity contribution in [3.05, 3.63) is 35.4 Å². The Kier molecular flexibility index (Phi) is 3.51. The van der Waals surface area contributed by atoms with Crippen LogP contribution in [0.25, 0.3) is 0 Å². The van der Waals surface area contributed by atoms with Crippen molar-refractivity contribution in [2.24, 2.45) is 0 Å². The highest BCUT2D eigenvalue weighted by Crippen LogP contribution is 2.22. The Morgan fingerprint density at radius 1 is 1.35 bits per heavy atom. The molecule has 0 saturated carbocycles. The highest BCUT2D eigenvalue weighted by atomic mass is 32.2. The third-order valence-electron chi connectivity index (χ3n) is 3.17. The SMILES string of the molecule is CC(CO)S(=O)(=O)NC1Cc2ccccc2C1. The van der Waals surface area contributed by atoms with Gasteiger partial charge in [0.05, 0.1) is 11.9 Å². The minimum Gasteiger partial charge on any atom is -0.395 e. The van der Waals surface area contributed by atoms with Gasteiger partial charge in [0.25, 0.3) is 0 Å². The molecule has 0 bridgehead atoms. The predicted molar refractivity (Wildman–Crippen MR) is 66.2 cm³/mol. The molecule has 0 aromatic heterocycles. The van der Waals surface area contributed by atoms with Crippen LogP contribution < -0.4 is 4.72 Å². The van der Waals surface area contributed by atoms with Gasteiger partial charge in [0, 0.05) is 6.04 Å². The zero-order valence-corrected chi connectivity index (χ0v) is 10.6. The Balaban J connectivity index is 2.05. The van der Waals surface area contributed by atoms with Crippen LogP contribution in [0, 0.1) is 0 Å². The van der Waals surface area contributed by atoms with Crippen LogP contribution in [-0.2, 0) is 22.9 Å². The lowest BCUT2D eigenvalue weighted by Gasteiger charge is -2.16. The molecular weight excluding hydrogens is 238 g/mol. The molecule has 0 amide bonds. The van der Waals surface area contributed by atoms with Crippen molar-refractivity contribution in [3.8, 4) is 0 Å². The lowest BCUT2D eigenvalue weighted by atomic mass is 10.1. The fourth-order valence-corrected chi connectivity index (χ4v) is 3.15. The summed E-state index contributed by atoms with van der Waals surface area (Å²) in [6.45, 7) is 1.15. The molecular formula is C12H17NO3S. The highest BCUT2D eigenvalue weighted by molar-refractivity contribution is 7.90. The van der Waals surface area contributed by atoms with Crippen molar-refractivity contribution < 1.29 is 13.5 Å². The zero-order valence-electron chi connectivity index (χ0n) is 9.76. The Labute approximate surface area is 102 Å². The third kappa shape index (κ3) is 2.68. The molecule has 0 spiro atoms. The van der Waals surface area contributed by atoms with Gasteiger partial charge in [-0.1, -0.05) is 24.3 Å². The smallest absolute Gasteiger partial charge is 0.216 e. The molecule has 94 valence electrons. The molecule has 1 aliphatic rings. The van der Waals surface area contributed by atoms with E-state index in [1.165, 1.54) is 18.1 Å². The summed E-state index contributed by atoms with van der Waals surface area (Å²) in [7, 11) is -3.41. The summed E-state index contributed by atoms with van der Waals surface area (Å²) in [6, 6.07) is 7.91. The van der Waals surface area contributed by atoms with E-state index in [-0.39, 0.29) is 12.6 Å². The van der Waals surface area contributed by atoms with Crippen molar-refractivity contribution in [1.29, 1.82) is 0 Å². The number of aliphatic hydroxyl groups excluding tert-OH is 1. The molecule has 1 unspecified atom stereocenters. The number of hydrogen-bond donors (Lipinski definition) is 2. The molecule has 2 N–H and O–H groups in total. The molecule has 0 radical (unpaired) electrons. The summed E-state index contributed by atoms with van der Waals surface area (Å²) in [4.78, 5) is 0. The van der Waals surface area contributed by atoms with E-state index in [2.05, 4.69) is 4.72 Å². The Bertz CT molecular complexity index is 473. The molecule has 0 aliphatic heterocycles. The van der Waals surface area contributed by atoms with Crippen molar-refractivity contribution in [2.45, 2.75) is 31.1 Å². The Morgan fingerprint density at radius 2 is 1.88 bits per heavy atom. The average molecular weight is 255 g/mol. The van der Waals surface area contributed by atoms with E-state index in [1.54, 1.807) is 0 Å². The van der Waals surface area contributed by atoms with E-state index in [0.29, 0.717) is 0 Å². The number of aliphatic hydroxyl groups is 1. The number of fused-ring (bicyclic) bond motifs is 1. The topological polar surface area (TPSA) is 66.4 Å². The molecule has 1 atom stereocenters. The van der Waals surface area contributed by atoms with Crippen LogP contribution in [0.15, 0.2) is 24.3 Å². The molecule has 0 fully saturated rings. The molecule has 4 nitrogen and oxygen atoms in total. The van der Waals surface area contributed by atoms with Crippen molar-refractivity contribution in [1.82, 2.24) is 4.72 Å². The number of benzene rings is 1. The zero-order chi connectivity index (χ0) is 12.5. The maximum absolute atomic E-state index is 11.8. The average Bonchev–Trinajstić information content (AvgIpc) is 2.68. The minimum absolute atomic E-state index is 0.0774. The lowest BCUT2D eigenvalue weighted by molar-refractivity contribution is 0.294. The minimum atomic E-state index is -3.41. The molecule has 2 rings (SSSR count). The van der Waals surface area contributed by atoms with Gasteiger partial charge in [0.15, 0.2) is 0 Å². The summed E-state index contributed by atoms with van der Waals surface area (Å²) < 4.78 is 26.3. The molecule has 5 heteroatoms. The van der Waals surface area contributed by atoms with Gasteiger partial charge in [-0.15, -0.1) is 0 Å². The predicted octanol–water partition coefficient (Wildman–Crippen LogP) is 0.454. The van der Waals surface area contributed by atoms with Gasteiger partial charge in [0.2, 0.25) is 10.0 Å². The standard InChI is InChI=1S/C12H17NO3S/c1-9(8-14)17(15,16)13-12-6-10-4-2-3-5-11(10)7-12/h2-5,9,12-14H,6-8H2,1H3. The second-order valence-corrected chi connectivity index (χ2v) is 6.66. The summed E-state index contributed by atoms with van der Waals surface area (Å²) in [5.41, 5.74) is 2.41. The molecule has 17 heavy (non-hydrogen) atoms. The summed E-state index contributed by atoms with van der Waals surface area (Å²) in [6.07, 6.45) is 1.46. The summed E-state index contributed by atoms with van der Waals surface area (Å²) in [5, 5.41) is 8.14. The van der Waals surface area contributed by atoms with Crippen LogP contribution in [0.1, 0.15) is 18.1 Å². The summed E-state index contributed by atoms with van der Waals surface area (Å²) in [5.74, 6) is 0. The maximum atomic E-state index is 11.8. The van der Waals surface area contributed by atoms with Crippen molar-refractivity contribution >= 4 is 10.0 Å². The van der Waals surface area contributed by atoms with Gasteiger partial charge in [-0.25, -0.2) is 13.1 Å². The van der Waals surface area contributed by atoms with E-state index in [4.69, 9.17) is 5.11 Å². The van der Waals surface area contributed by atoms with Crippen molar-refractivity contribution in [2.75, 3.05) is 6.61 Å². The van der Waals surface area contributed by atoms with Gasteiger partial charge < -0.3 is 5.11 Å². The van der Waals surface area contributed by atoms with Gasteiger partial charge in [0.1, 0.15) is 0 Å². The number of sulfonamides is 1. The molecule has 1 aromatic rings. The van der Waals surface area contributed by atoms with Crippen LogP contribution in [0.4, 0.5) is 0 Å². The maximum Gasteiger partial charge on any atom is 0.216 e. The van der Waals surface area contributed by atoms with E-state index < -0.39 is 15.3 Å². The van der Waals surface area contributed by atoms with Gasteiger partial charge >= 0.3 is 0 Å². The quantitative estimate of drug-likeness (QED) is 0.821. The van der Waals surface area contributed by atoms with Crippen molar-refractivity contribution in [3.63, 3.8) is 0 Å². The largest absolute Gasteiger partial charge is 0.395 e. The van der Waals surface area contributed by atoms with Crippen LogP contribution in [0.3, 0.4) is 0 Å². The Hall–Kier alpha value is -0.910. The van der Waals surface area contributed by atoms with E-state index in [1.807, 2.05) is 24.3 Å². The van der Waals surface area contributed by atoms with Crippen LogP contribution >= 0.6 is 0 Å². The number of hydrogen-bond acceptors (Lipinski definition) is 3. The van der Waals surface area contributed by atoms with Gasteiger partial charge in [-0.3, -0.25) is 0 Å². The first-order chi connectivity index (χ1) is 8.03. The van der Waals surface area contributed by atoms with E-state index in [9.17, 15) is 8.42 Å². The Morgan fingerprint density at radius 3 is 2.35 bits per heavy atom. The van der Waals surface area contributed by atoms with Crippen LogP contribution in [0.2, 0.25) is 0 Å². The second-order valence-electron chi connectivity index (χ2n) is 4.53. The molecule has 0 saturated heterocycles. The van der Waals surface area contributed by atoms with Gasteiger partial charge in [-0.05, 0) is 30.9 Å². The third-order valence-corrected chi connectivity index (χ3v) is 5.04. The molecule has 0 heterocycles. The monoisotopic (exact) mass is 255 g/mol. The van der Waals surface area contributed by atoms with E-state index in [0.717, 1.165) is 12.8 Å². The van der Waals surface area contributed by atoms with E-state index >= 15 is 0 Å². The normalized spacial score (nSPS) is 18.0. The number of nitrogens with one attached hydrogen (secondary N) is 1. The summed E-state index contributed by atoms with van der Waals surface area (Å²) >= 11 is 0.